The Labute approximate surface area is 116 Å². The molecule has 0 aliphatic carbocycles. The van der Waals surface area contributed by atoms with Crippen molar-refractivity contribution in [3.05, 3.63) is 46.5 Å². The molecule has 0 radical (unpaired) electrons. The number of nitrogen functional groups attached to an aromatic ring is 1. The average molecular weight is 273 g/mol. The number of nitrogens with two attached hydrogens (primary N) is 1. The highest BCUT2D eigenvalue weighted by Gasteiger charge is 2.12. The fourth-order valence-corrected chi connectivity index (χ4v) is 1.68. The molecule has 104 valence electrons. The van der Waals surface area contributed by atoms with E-state index in [2.05, 4.69) is 10.3 Å². The summed E-state index contributed by atoms with van der Waals surface area (Å²) < 4.78 is 0. The van der Waals surface area contributed by atoms with E-state index in [1.165, 1.54) is 12.1 Å². The lowest BCUT2D eigenvalue weighted by Gasteiger charge is -2.13. The molecular weight excluding hydrogens is 258 g/mol. The molecule has 0 saturated heterocycles. The van der Waals surface area contributed by atoms with Crippen LogP contribution in [0.5, 0.6) is 0 Å². The molecule has 0 amide bonds. The molecule has 0 aliphatic heterocycles. The van der Waals surface area contributed by atoms with Crippen molar-refractivity contribution >= 4 is 28.7 Å². The summed E-state index contributed by atoms with van der Waals surface area (Å²) in [5, 5.41) is 13.7. The van der Waals surface area contributed by atoms with E-state index in [0.717, 1.165) is 11.4 Å². The molecule has 1 heterocycles. The lowest BCUT2D eigenvalue weighted by Crippen LogP contribution is -2.08. The number of hydrogen-bond acceptors (Lipinski definition) is 6. The van der Waals surface area contributed by atoms with Crippen molar-refractivity contribution in [1.29, 1.82) is 0 Å². The number of nitrogens with one attached hydrogen (secondary N) is 1. The normalized spacial score (nSPS) is 10.1. The molecule has 7 heteroatoms. The number of hydrogen-bond donors (Lipinski definition) is 2. The maximum Gasteiger partial charge on any atom is 0.311 e. The molecule has 1 aromatic heterocycles. The monoisotopic (exact) mass is 273 g/mol. The number of nitro groups is 1. The fourth-order valence-electron chi connectivity index (χ4n) is 1.68. The zero-order valence-electron chi connectivity index (χ0n) is 11.2. The highest BCUT2D eigenvalue weighted by Crippen LogP contribution is 2.24. The number of anilines is 4. The van der Waals surface area contributed by atoms with Gasteiger partial charge < -0.3 is 16.0 Å². The van der Waals surface area contributed by atoms with E-state index in [1.807, 2.05) is 43.3 Å². The summed E-state index contributed by atoms with van der Waals surface area (Å²) in [4.78, 5) is 16.0. The summed E-state index contributed by atoms with van der Waals surface area (Å²) in [6.07, 6.45) is 0. The quantitative estimate of drug-likeness (QED) is 0.655. The lowest BCUT2D eigenvalue weighted by molar-refractivity contribution is -0.384. The van der Waals surface area contributed by atoms with Gasteiger partial charge in [-0.1, -0.05) is 0 Å². The predicted octanol–water partition coefficient (Wildman–Crippen LogP) is 2.38. The molecule has 0 atom stereocenters. The second kappa shape index (κ2) is 5.43. The third-order valence-corrected chi connectivity index (χ3v) is 2.76. The molecule has 3 N–H and O–H groups in total. The number of benzene rings is 1. The van der Waals surface area contributed by atoms with Crippen LogP contribution in [0, 0.1) is 10.1 Å². The minimum Gasteiger partial charge on any atom is -0.378 e. The van der Waals surface area contributed by atoms with Crippen LogP contribution in [0.3, 0.4) is 0 Å². The Hall–Kier alpha value is -2.83. The van der Waals surface area contributed by atoms with E-state index in [0.29, 0.717) is 5.82 Å². The zero-order chi connectivity index (χ0) is 14.7. The van der Waals surface area contributed by atoms with Gasteiger partial charge in [-0.05, 0) is 30.3 Å². The van der Waals surface area contributed by atoms with Crippen molar-refractivity contribution in [1.82, 2.24) is 4.98 Å². The second-order valence-electron chi connectivity index (χ2n) is 4.42. The molecule has 2 aromatic rings. The molecule has 7 nitrogen and oxygen atoms in total. The van der Waals surface area contributed by atoms with Gasteiger partial charge in [-0.15, -0.1) is 0 Å². The van der Waals surface area contributed by atoms with E-state index >= 15 is 0 Å². The van der Waals surface area contributed by atoms with Gasteiger partial charge in [0.25, 0.3) is 0 Å². The van der Waals surface area contributed by atoms with Crippen LogP contribution in [-0.4, -0.2) is 24.0 Å². The Kier molecular flexibility index (Phi) is 3.69. The van der Waals surface area contributed by atoms with Crippen LogP contribution < -0.4 is 16.0 Å². The van der Waals surface area contributed by atoms with Gasteiger partial charge in [0.05, 0.1) is 4.92 Å². The van der Waals surface area contributed by atoms with Crippen molar-refractivity contribution in [2.75, 3.05) is 30.0 Å². The first-order chi connectivity index (χ1) is 9.47. The summed E-state index contributed by atoms with van der Waals surface area (Å²) in [6, 6.07) is 10.6. The van der Waals surface area contributed by atoms with E-state index < -0.39 is 4.92 Å². The van der Waals surface area contributed by atoms with Gasteiger partial charge >= 0.3 is 5.69 Å². The lowest BCUT2D eigenvalue weighted by atomic mass is 10.2. The van der Waals surface area contributed by atoms with Crippen molar-refractivity contribution < 1.29 is 4.92 Å². The van der Waals surface area contributed by atoms with E-state index in [9.17, 15) is 10.1 Å². The summed E-state index contributed by atoms with van der Waals surface area (Å²) in [6.45, 7) is 0. The van der Waals surface area contributed by atoms with Gasteiger partial charge in [-0.2, -0.15) is 0 Å². The maximum absolute atomic E-state index is 10.7. The highest BCUT2D eigenvalue weighted by molar-refractivity contribution is 5.64. The van der Waals surface area contributed by atoms with Gasteiger partial charge in [-0.3, -0.25) is 10.1 Å². The Morgan fingerprint density at radius 3 is 2.35 bits per heavy atom. The molecule has 1 aromatic carbocycles. The molecule has 0 spiro atoms. The van der Waals surface area contributed by atoms with Crippen LogP contribution in [0.25, 0.3) is 0 Å². The van der Waals surface area contributed by atoms with Gasteiger partial charge in [0.1, 0.15) is 5.82 Å². The van der Waals surface area contributed by atoms with Gasteiger partial charge in [0.15, 0.2) is 0 Å². The number of pyridine rings is 1. The summed E-state index contributed by atoms with van der Waals surface area (Å²) in [7, 11) is 3.92. The zero-order valence-corrected chi connectivity index (χ0v) is 11.2. The Morgan fingerprint density at radius 2 is 1.85 bits per heavy atom. The van der Waals surface area contributed by atoms with Crippen molar-refractivity contribution in [2.24, 2.45) is 0 Å². The first-order valence-corrected chi connectivity index (χ1v) is 5.92. The molecule has 0 unspecified atom stereocenters. The largest absolute Gasteiger partial charge is 0.378 e. The van der Waals surface area contributed by atoms with Crippen LogP contribution in [-0.2, 0) is 0 Å². The fraction of sp³-hybridized carbons (Fsp3) is 0.154. The topological polar surface area (TPSA) is 97.3 Å². The third kappa shape index (κ3) is 2.94. The third-order valence-electron chi connectivity index (χ3n) is 2.76. The molecule has 0 fully saturated rings. The molecule has 20 heavy (non-hydrogen) atoms. The average Bonchev–Trinajstić information content (AvgIpc) is 2.39. The van der Waals surface area contributed by atoms with Gasteiger partial charge in [-0.25, -0.2) is 4.98 Å². The van der Waals surface area contributed by atoms with Crippen LogP contribution in [0.2, 0.25) is 0 Å². The first-order valence-electron chi connectivity index (χ1n) is 5.92. The van der Waals surface area contributed by atoms with Crippen molar-refractivity contribution in [3.63, 3.8) is 0 Å². The van der Waals surface area contributed by atoms with Crippen LogP contribution in [0.4, 0.5) is 28.7 Å². The van der Waals surface area contributed by atoms with Gasteiger partial charge in [0.2, 0.25) is 5.82 Å². The standard InChI is InChI=1S/C13H15N5O2/c1-17(2)10-5-3-9(4-6-10)15-12-8-7-11(18(19)20)13(14)16-12/h3-8H,1-2H3,(H3,14,15,16). The number of rotatable bonds is 4. The SMILES string of the molecule is CN(C)c1ccc(Nc2ccc([N+](=O)[O-])c(N)n2)cc1. The van der Waals surface area contributed by atoms with Crippen LogP contribution >= 0.6 is 0 Å². The molecule has 2 rings (SSSR count). The minimum absolute atomic E-state index is 0.107. The molecule has 0 saturated carbocycles. The van der Waals surface area contributed by atoms with Crippen LogP contribution in [0.15, 0.2) is 36.4 Å². The van der Waals surface area contributed by atoms with E-state index in [-0.39, 0.29) is 11.5 Å². The summed E-state index contributed by atoms with van der Waals surface area (Å²) in [5.74, 6) is 0.357. The Bertz CT molecular complexity index is 625. The molecule has 0 bridgehead atoms. The Balaban J connectivity index is 2.17. The second-order valence-corrected chi connectivity index (χ2v) is 4.42. The highest BCUT2D eigenvalue weighted by atomic mass is 16.6. The first kappa shape index (κ1) is 13.6. The van der Waals surface area contributed by atoms with Crippen molar-refractivity contribution in [3.8, 4) is 0 Å². The minimum atomic E-state index is -0.558. The molecule has 0 aliphatic rings. The van der Waals surface area contributed by atoms with Crippen LogP contribution in [0.1, 0.15) is 0 Å². The maximum atomic E-state index is 10.7. The van der Waals surface area contributed by atoms with Gasteiger partial charge in [0, 0.05) is 31.5 Å². The predicted molar refractivity (Wildman–Crippen MR) is 79.4 cm³/mol. The smallest absolute Gasteiger partial charge is 0.311 e. The summed E-state index contributed by atoms with van der Waals surface area (Å²) in [5.41, 5.74) is 7.25. The number of aromatic nitrogens is 1. The summed E-state index contributed by atoms with van der Waals surface area (Å²) >= 11 is 0. The van der Waals surface area contributed by atoms with Crippen molar-refractivity contribution in [2.45, 2.75) is 0 Å². The van der Waals surface area contributed by atoms with E-state index in [1.54, 1.807) is 0 Å². The molecular formula is C13H15N5O2. The number of nitrogens with zero attached hydrogens (tertiary/aromatic N) is 3. The Morgan fingerprint density at radius 1 is 1.20 bits per heavy atom. The van der Waals surface area contributed by atoms with E-state index in [4.69, 9.17) is 5.73 Å².